The summed E-state index contributed by atoms with van der Waals surface area (Å²) in [5.41, 5.74) is 11.8. The summed E-state index contributed by atoms with van der Waals surface area (Å²) >= 11 is 11.3. The lowest BCUT2D eigenvalue weighted by molar-refractivity contribution is 1.19. The third kappa shape index (κ3) is 2.66. The maximum atomic E-state index is 6.38. The van der Waals surface area contributed by atoms with E-state index in [0.29, 0.717) is 15.4 Å². The van der Waals surface area contributed by atoms with Crippen molar-refractivity contribution in [2.75, 3.05) is 5.73 Å². The van der Waals surface area contributed by atoms with Gasteiger partial charge in [-0.1, -0.05) is 41.9 Å². The predicted molar refractivity (Wildman–Crippen MR) is 103 cm³/mol. The fourth-order valence-electron chi connectivity index (χ4n) is 2.49. The zero-order valence-electron chi connectivity index (χ0n) is 12.2. The van der Waals surface area contributed by atoms with Crippen LogP contribution in [0.15, 0.2) is 52.6 Å². The number of fused-ring (bicyclic) bond motifs is 1. The van der Waals surface area contributed by atoms with Crippen molar-refractivity contribution in [2.45, 2.75) is 0 Å². The number of hydrogen-bond donors (Lipinski definition) is 1. The van der Waals surface area contributed by atoms with E-state index in [1.54, 1.807) is 5.51 Å². The molecule has 24 heavy (non-hydrogen) atoms. The quantitative estimate of drug-likeness (QED) is 0.473. The highest BCUT2D eigenvalue weighted by atomic mass is 79.9. The molecule has 2 aromatic heterocycles. The minimum atomic E-state index is 0.350. The Balaban J connectivity index is 2.01. The zero-order chi connectivity index (χ0) is 16.7. The molecule has 0 saturated carbocycles. The van der Waals surface area contributed by atoms with E-state index in [0.717, 1.165) is 32.7 Å². The SMILES string of the molecule is Nc1nc(-c2ccccc2)c(-c2cc(Cl)c3ncsc3c2)nc1Br. The van der Waals surface area contributed by atoms with E-state index in [4.69, 9.17) is 17.3 Å². The number of nitrogens with two attached hydrogens (primary N) is 1. The van der Waals surface area contributed by atoms with E-state index in [1.807, 2.05) is 42.5 Å². The van der Waals surface area contributed by atoms with Gasteiger partial charge in [-0.15, -0.1) is 11.3 Å². The van der Waals surface area contributed by atoms with Gasteiger partial charge in [0.15, 0.2) is 5.82 Å². The third-order valence-electron chi connectivity index (χ3n) is 3.59. The van der Waals surface area contributed by atoms with Crippen LogP contribution in [-0.2, 0) is 0 Å². The molecule has 0 bridgehead atoms. The standard InChI is InChI=1S/C17H10BrClN4S/c18-16-17(20)23-13(9-4-2-1-3-5-9)14(22-16)10-6-11(19)15-12(7-10)24-8-21-15/h1-8H,(H2,20,23). The van der Waals surface area contributed by atoms with Crippen molar-refractivity contribution in [2.24, 2.45) is 0 Å². The second-order valence-corrected chi connectivity index (χ2v) is 7.16. The molecule has 0 unspecified atom stereocenters. The maximum absolute atomic E-state index is 6.38. The number of anilines is 1. The summed E-state index contributed by atoms with van der Waals surface area (Å²) in [6.45, 7) is 0. The van der Waals surface area contributed by atoms with Crippen molar-refractivity contribution in [3.63, 3.8) is 0 Å². The molecular formula is C17H10BrClN4S. The van der Waals surface area contributed by atoms with Gasteiger partial charge < -0.3 is 5.73 Å². The van der Waals surface area contributed by atoms with Crippen LogP contribution in [0.25, 0.3) is 32.7 Å². The molecule has 4 nitrogen and oxygen atoms in total. The summed E-state index contributed by atoms with van der Waals surface area (Å²) < 4.78 is 1.52. The van der Waals surface area contributed by atoms with Crippen LogP contribution in [0.4, 0.5) is 5.82 Å². The van der Waals surface area contributed by atoms with Crippen LogP contribution in [0.2, 0.25) is 5.02 Å². The number of thiazole rings is 1. The highest BCUT2D eigenvalue weighted by Gasteiger charge is 2.16. The molecule has 118 valence electrons. The molecule has 2 aromatic carbocycles. The molecule has 0 saturated heterocycles. The number of nitrogens with zero attached hydrogens (tertiary/aromatic N) is 3. The first-order valence-corrected chi connectivity index (χ1v) is 9.10. The van der Waals surface area contributed by atoms with E-state index in [1.165, 1.54) is 11.3 Å². The Bertz CT molecular complexity index is 1050. The van der Waals surface area contributed by atoms with E-state index >= 15 is 0 Å². The van der Waals surface area contributed by atoms with Crippen LogP contribution in [-0.4, -0.2) is 15.0 Å². The van der Waals surface area contributed by atoms with Crippen molar-refractivity contribution >= 4 is 54.9 Å². The molecule has 0 aliphatic rings. The van der Waals surface area contributed by atoms with E-state index < -0.39 is 0 Å². The lowest BCUT2D eigenvalue weighted by Crippen LogP contribution is -2.00. The fourth-order valence-corrected chi connectivity index (χ4v) is 3.82. The lowest BCUT2D eigenvalue weighted by Gasteiger charge is -2.11. The molecule has 0 fully saturated rings. The molecule has 0 spiro atoms. The Kier molecular flexibility index (Phi) is 3.96. The molecule has 0 radical (unpaired) electrons. The number of nitrogen functional groups attached to an aromatic ring is 1. The molecule has 0 aliphatic carbocycles. The van der Waals surface area contributed by atoms with Crippen molar-refractivity contribution in [3.8, 4) is 22.5 Å². The molecular weight excluding hydrogens is 408 g/mol. The van der Waals surface area contributed by atoms with Crippen molar-refractivity contribution in [3.05, 3.63) is 57.6 Å². The monoisotopic (exact) mass is 416 g/mol. The smallest absolute Gasteiger partial charge is 0.157 e. The topological polar surface area (TPSA) is 64.7 Å². The Morgan fingerprint density at radius 3 is 2.54 bits per heavy atom. The summed E-state index contributed by atoms with van der Waals surface area (Å²) in [6, 6.07) is 13.7. The van der Waals surface area contributed by atoms with Gasteiger partial charge in [-0.2, -0.15) is 0 Å². The number of hydrogen-bond acceptors (Lipinski definition) is 5. The largest absolute Gasteiger partial charge is 0.381 e. The molecule has 4 rings (SSSR count). The Hall–Kier alpha value is -2.02. The first-order valence-electron chi connectivity index (χ1n) is 7.05. The van der Waals surface area contributed by atoms with E-state index in [-0.39, 0.29) is 0 Å². The van der Waals surface area contributed by atoms with Crippen molar-refractivity contribution in [1.82, 2.24) is 15.0 Å². The van der Waals surface area contributed by atoms with Crippen molar-refractivity contribution < 1.29 is 0 Å². The predicted octanol–water partition coefficient (Wildman–Crippen LogP) is 5.42. The van der Waals surface area contributed by atoms with Gasteiger partial charge in [0.25, 0.3) is 0 Å². The second kappa shape index (κ2) is 6.12. The van der Waals surface area contributed by atoms with Crippen LogP contribution in [0, 0.1) is 0 Å². The van der Waals surface area contributed by atoms with E-state index in [2.05, 4.69) is 30.9 Å². The molecule has 4 aromatic rings. The highest BCUT2D eigenvalue weighted by molar-refractivity contribution is 9.10. The molecule has 2 heterocycles. The Morgan fingerprint density at radius 1 is 1.00 bits per heavy atom. The van der Waals surface area contributed by atoms with Crippen LogP contribution in [0.3, 0.4) is 0 Å². The van der Waals surface area contributed by atoms with Crippen LogP contribution < -0.4 is 5.73 Å². The van der Waals surface area contributed by atoms with Gasteiger partial charge >= 0.3 is 0 Å². The van der Waals surface area contributed by atoms with Crippen LogP contribution in [0.1, 0.15) is 0 Å². The summed E-state index contributed by atoms with van der Waals surface area (Å²) in [5, 5.41) is 0.595. The zero-order valence-corrected chi connectivity index (χ0v) is 15.4. The van der Waals surface area contributed by atoms with Gasteiger partial charge in [0.05, 0.1) is 32.1 Å². The lowest BCUT2D eigenvalue weighted by atomic mass is 10.0. The number of aromatic nitrogens is 3. The van der Waals surface area contributed by atoms with Gasteiger partial charge in [0.1, 0.15) is 4.60 Å². The Morgan fingerprint density at radius 2 is 1.75 bits per heavy atom. The third-order valence-corrected chi connectivity index (χ3v) is 5.24. The van der Waals surface area contributed by atoms with Crippen LogP contribution >= 0.6 is 38.9 Å². The normalized spacial score (nSPS) is 11.1. The molecule has 2 N–H and O–H groups in total. The molecule has 0 atom stereocenters. The number of benzene rings is 2. The number of rotatable bonds is 2. The summed E-state index contributed by atoms with van der Waals surface area (Å²) in [4.78, 5) is 13.4. The minimum absolute atomic E-state index is 0.350. The van der Waals surface area contributed by atoms with Gasteiger partial charge in [-0.05, 0) is 28.1 Å². The second-order valence-electron chi connectivity index (χ2n) is 5.12. The minimum Gasteiger partial charge on any atom is -0.381 e. The fraction of sp³-hybridized carbons (Fsp3) is 0. The summed E-state index contributed by atoms with van der Waals surface area (Å²) in [7, 11) is 0. The summed E-state index contributed by atoms with van der Waals surface area (Å²) in [5.74, 6) is 0.350. The van der Waals surface area contributed by atoms with Gasteiger partial charge in [0.2, 0.25) is 0 Å². The van der Waals surface area contributed by atoms with Crippen LogP contribution in [0.5, 0.6) is 0 Å². The van der Waals surface area contributed by atoms with Gasteiger partial charge in [-0.3, -0.25) is 0 Å². The number of halogens is 2. The van der Waals surface area contributed by atoms with Gasteiger partial charge in [0, 0.05) is 11.1 Å². The molecule has 0 aliphatic heterocycles. The maximum Gasteiger partial charge on any atom is 0.157 e. The molecule has 7 heteroatoms. The van der Waals surface area contributed by atoms with Gasteiger partial charge in [-0.25, -0.2) is 15.0 Å². The average molecular weight is 418 g/mol. The first-order chi connectivity index (χ1) is 11.6. The van der Waals surface area contributed by atoms with Crippen molar-refractivity contribution in [1.29, 1.82) is 0 Å². The molecule has 0 amide bonds. The van der Waals surface area contributed by atoms with E-state index in [9.17, 15) is 0 Å². The highest BCUT2D eigenvalue weighted by Crippen LogP contribution is 2.36. The first kappa shape index (κ1) is 15.5. The average Bonchev–Trinajstić information content (AvgIpc) is 3.07. The Labute approximate surface area is 155 Å². The summed E-state index contributed by atoms with van der Waals surface area (Å²) in [6.07, 6.45) is 0.